The lowest BCUT2D eigenvalue weighted by Gasteiger charge is -2.11. The molecule has 1 amide bonds. The topological polar surface area (TPSA) is 58.6 Å². The lowest BCUT2D eigenvalue weighted by atomic mass is 9.97. The van der Waals surface area contributed by atoms with Gasteiger partial charge in [-0.25, -0.2) is 0 Å². The SMILES string of the molecule is O=C(C[C@@H]1CCc2ccccc21)NCCOCCO. The van der Waals surface area contributed by atoms with Crippen molar-refractivity contribution in [3.05, 3.63) is 35.4 Å². The van der Waals surface area contributed by atoms with Gasteiger partial charge in [0.05, 0.1) is 19.8 Å². The first-order valence-electron chi connectivity index (χ1n) is 6.84. The highest BCUT2D eigenvalue weighted by molar-refractivity contribution is 5.77. The van der Waals surface area contributed by atoms with Gasteiger partial charge in [-0.15, -0.1) is 0 Å². The molecule has 1 atom stereocenters. The van der Waals surface area contributed by atoms with Gasteiger partial charge in [-0.2, -0.15) is 0 Å². The van der Waals surface area contributed by atoms with Gasteiger partial charge in [0, 0.05) is 13.0 Å². The highest BCUT2D eigenvalue weighted by atomic mass is 16.5. The van der Waals surface area contributed by atoms with Crippen LogP contribution in [0.3, 0.4) is 0 Å². The summed E-state index contributed by atoms with van der Waals surface area (Å²) < 4.78 is 5.09. The summed E-state index contributed by atoms with van der Waals surface area (Å²) in [5.41, 5.74) is 2.71. The van der Waals surface area contributed by atoms with Gasteiger partial charge >= 0.3 is 0 Å². The predicted octanol–water partition coefficient (Wildman–Crippen LogP) is 1.23. The Kier molecular flexibility index (Phi) is 5.36. The number of ether oxygens (including phenoxy) is 1. The number of rotatable bonds is 7. The van der Waals surface area contributed by atoms with E-state index in [9.17, 15) is 4.79 Å². The molecule has 0 aliphatic heterocycles. The van der Waals surface area contributed by atoms with E-state index >= 15 is 0 Å². The van der Waals surface area contributed by atoms with Crippen LogP contribution in [0.25, 0.3) is 0 Å². The molecule has 0 bridgehead atoms. The van der Waals surface area contributed by atoms with Crippen LogP contribution in [0.5, 0.6) is 0 Å². The van der Waals surface area contributed by atoms with Gasteiger partial charge in [0.25, 0.3) is 0 Å². The maximum absolute atomic E-state index is 11.8. The number of fused-ring (bicyclic) bond motifs is 1. The number of aliphatic hydroxyl groups is 1. The third-order valence-electron chi connectivity index (χ3n) is 3.49. The Morgan fingerprint density at radius 2 is 2.21 bits per heavy atom. The van der Waals surface area contributed by atoms with Crippen molar-refractivity contribution in [3.8, 4) is 0 Å². The monoisotopic (exact) mass is 263 g/mol. The second kappa shape index (κ2) is 7.26. The van der Waals surface area contributed by atoms with E-state index in [1.165, 1.54) is 11.1 Å². The summed E-state index contributed by atoms with van der Waals surface area (Å²) in [5.74, 6) is 0.434. The Hall–Kier alpha value is -1.39. The van der Waals surface area contributed by atoms with Crippen LogP contribution in [0.4, 0.5) is 0 Å². The summed E-state index contributed by atoms with van der Waals surface area (Å²) >= 11 is 0. The zero-order valence-electron chi connectivity index (χ0n) is 11.1. The van der Waals surface area contributed by atoms with E-state index in [1.54, 1.807) is 0 Å². The van der Waals surface area contributed by atoms with E-state index < -0.39 is 0 Å². The molecule has 19 heavy (non-hydrogen) atoms. The van der Waals surface area contributed by atoms with Gasteiger partial charge in [0.15, 0.2) is 0 Å². The molecule has 1 aromatic carbocycles. The smallest absolute Gasteiger partial charge is 0.220 e. The summed E-state index contributed by atoms with van der Waals surface area (Å²) in [6, 6.07) is 8.37. The zero-order valence-corrected chi connectivity index (χ0v) is 11.1. The van der Waals surface area contributed by atoms with Crippen molar-refractivity contribution in [1.82, 2.24) is 5.32 Å². The number of carbonyl (C=O) groups excluding carboxylic acids is 1. The fraction of sp³-hybridized carbons (Fsp3) is 0.533. The maximum atomic E-state index is 11.8. The number of carbonyl (C=O) groups is 1. The third-order valence-corrected chi connectivity index (χ3v) is 3.49. The average Bonchev–Trinajstić information content (AvgIpc) is 2.82. The molecule has 0 radical (unpaired) electrons. The molecule has 4 heteroatoms. The number of aryl methyl sites for hydroxylation is 1. The molecule has 0 heterocycles. The molecule has 0 saturated heterocycles. The number of nitrogens with one attached hydrogen (secondary N) is 1. The number of aliphatic hydroxyl groups excluding tert-OH is 1. The van der Waals surface area contributed by atoms with Crippen LogP contribution in [-0.2, 0) is 16.0 Å². The summed E-state index contributed by atoms with van der Waals surface area (Å²) in [4.78, 5) is 11.8. The fourth-order valence-corrected chi connectivity index (χ4v) is 2.58. The second-order valence-corrected chi connectivity index (χ2v) is 4.82. The highest BCUT2D eigenvalue weighted by Crippen LogP contribution is 2.34. The Labute approximate surface area is 113 Å². The lowest BCUT2D eigenvalue weighted by molar-refractivity contribution is -0.121. The van der Waals surface area contributed by atoms with Crippen molar-refractivity contribution in [2.24, 2.45) is 0 Å². The minimum Gasteiger partial charge on any atom is -0.394 e. The van der Waals surface area contributed by atoms with Crippen molar-refractivity contribution < 1.29 is 14.6 Å². The van der Waals surface area contributed by atoms with Crippen LogP contribution in [0.15, 0.2) is 24.3 Å². The van der Waals surface area contributed by atoms with Crippen LogP contribution < -0.4 is 5.32 Å². The molecule has 104 valence electrons. The van der Waals surface area contributed by atoms with E-state index in [2.05, 4.69) is 23.5 Å². The molecule has 2 rings (SSSR count). The quantitative estimate of drug-likeness (QED) is 0.727. The standard InChI is InChI=1S/C15H21NO3/c17-8-10-19-9-7-16-15(18)11-13-6-5-12-3-1-2-4-14(12)13/h1-4,13,17H,5-11H2,(H,16,18)/t13-/m0/s1. The van der Waals surface area contributed by atoms with Crippen molar-refractivity contribution >= 4 is 5.91 Å². The van der Waals surface area contributed by atoms with Crippen molar-refractivity contribution in [2.45, 2.75) is 25.2 Å². The zero-order chi connectivity index (χ0) is 13.5. The van der Waals surface area contributed by atoms with Crippen molar-refractivity contribution in [2.75, 3.05) is 26.4 Å². The maximum Gasteiger partial charge on any atom is 0.220 e. The van der Waals surface area contributed by atoms with Gasteiger partial charge in [-0.3, -0.25) is 4.79 Å². The normalized spacial score (nSPS) is 17.2. The van der Waals surface area contributed by atoms with Crippen LogP contribution in [0.2, 0.25) is 0 Å². The van der Waals surface area contributed by atoms with Crippen LogP contribution in [-0.4, -0.2) is 37.4 Å². The van der Waals surface area contributed by atoms with E-state index in [1.807, 2.05) is 6.07 Å². The molecule has 0 spiro atoms. The molecule has 0 saturated carbocycles. The minimum atomic E-state index is 0.0206. The van der Waals surface area contributed by atoms with Gasteiger partial charge in [0.1, 0.15) is 0 Å². The Bertz CT molecular complexity index is 420. The van der Waals surface area contributed by atoms with Crippen LogP contribution in [0, 0.1) is 0 Å². The first-order valence-corrected chi connectivity index (χ1v) is 6.84. The molecular formula is C15H21NO3. The molecule has 0 aromatic heterocycles. The van der Waals surface area contributed by atoms with Crippen LogP contribution in [0.1, 0.15) is 29.9 Å². The first-order chi connectivity index (χ1) is 9.31. The highest BCUT2D eigenvalue weighted by Gasteiger charge is 2.23. The fourth-order valence-electron chi connectivity index (χ4n) is 2.58. The van der Waals surface area contributed by atoms with Gasteiger partial charge < -0.3 is 15.2 Å². The molecule has 1 aliphatic rings. The molecule has 4 nitrogen and oxygen atoms in total. The van der Waals surface area contributed by atoms with E-state index in [0.29, 0.717) is 32.1 Å². The summed E-state index contributed by atoms with van der Waals surface area (Å²) in [7, 11) is 0. The molecular weight excluding hydrogens is 242 g/mol. The second-order valence-electron chi connectivity index (χ2n) is 4.82. The Morgan fingerprint density at radius 1 is 1.37 bits per heavy atom. The molecule has 2 N–H and O–H groups in total. The molecule has 0 unspecified atom stereocenters. The summed E-state index contributed by atoms with van der Waals surface area (Å²) in [6.07, 6.45) is 2.69. The Morgan fingerprint density at radius 3 is 3.05 bits per heavy atom. The van der Waals surface area contributed by atoms with Crippen LogP contribution >= 0.6 is 0 Å². The minimum absolute atomic E-state index is 0.0206. The predicted molar refractivity (Wildman–Crippen MR) is 73.0 cm³/mol. The van der Waals surface area contributed by atoms with Gasteiger partial charge in [-0.1, -0.05) is 24.3 Å². The van der Waals surface area contributed by atoms with E-state index in [0.717, 1.165) is 12.8 Å². The van der Waals surface area contributed by atoms with Gasteiger partial charge in [0.2, 0.25) is 5.91 Å². The van der Waals surface area contributed by atoms with Gasteiger partial charge in [-0.05, 0) is 29.9 Å². The lowest BCUT2D eigenvalue weighted by Crippen LogP contribution is -2.28. The average molecular weight is 263 g/mol. The molecule has 0 fully saturated rings. The molecule has 1 aliphatic carbocycles. The first kappa shape index (κ1) is 14.0. The summed E-state index contributed by atoms with van der Waals surface area (Å²) in [6.45, 7) is 1.30. The third kappa shape index (κ3) is 4.04. The largest absolute Gasteiger partial charge is 0.394 e. The number of amides is 1. The van der Waals surface area contributed by atoms with E-state index in [-0.39, 0.29) is 12.5 Å². The summed E-state index contributed by atoms with van der Waals surface area (Å²) in [5, 5.41) is 11.4. The van der Waals surface area contributed by atoms with E-state index in [4.69, 9.17) is 9.84 Å². The Balaban J connectivity index is 1.72. The number of benzene rings is 1. The van der Waals surface area contributed by atoms with Crippen molar-refractivity contribution in [1.29, 1.82) is 0 Å². The number of hydrogen-bond donors (Lipinski definition) is 2. The number of hydrogen-bond acceptors (Lipinski definition) is 3. The van der Waals surface area contributed by atoms with Crippen molar-refractivity contribution in [3.63, 3.8) is 0 Å². The molecule has 1 aromatic rings.